The van der Waals surface area contributed by atoms with E-state index in [9.17, 15) is 9.59 Å². The molecule has 0 unspecified atom stereocenters. The molecule has 0 bridgehead atoms. The fourth-order valence-corrected chi connectivity index (χ4v) is 2.87. The van der Waals surface area contributed by atoms with Crippen LogP contribution < -0.4 is 10.1 Å². The van der Waals surface area contributed by atoms with Gasteiger partial charge in [-0.2, -0.15) is 0 Å². The van der Waals surface area contributed by atoms with Crippen molar-refractivity contribution in [3.63, 3.8) is 0 Å². The number of carbonyl (C=O) groups is 2. The van der Waals surface area contributed by atoms with Crippen molar-refractivity contribution in [3.05, 3.63) is 24.3 Å². The van der Waals surface area contributed by atoms with Crippen LogP contribution in [0.4, 0.5) is 5.69 Å². The molecule has 26 heavy (non-hydrogen) atoms. The summed E-state index contributed by atoms with van der Waals surface area (Å²) in [5.41, 5.74) is 0.732. The normalized spacial score (nSPS) is 15.5. The van der Waals surface area contributed by atoms with E-state index >= 15 is 0 Å². The van der Waals surface area contributed by atoms with Crippen molar-refractivity contribution < 1.29 is 23.8 Å². The van der Waals surface area contributed by atoms with Crippen LogP contribution in [-0.2, 0) is 19.1 Å². The van der Waals surface area contributed by atoms with Gasteiger partial charge in [0.1, 0.15) is 12.4 Å². The standard InChI is InChI=1S/C19H28N2O5/c1-3-25-19(23)15-8-10-21(11-9-15)14-18(22)20-16-4-6-17(7-5-16)26-13-12-24-2/h4-7,15H,3,8-14H2,1-2H3,(H,20,22). The summed E-state index contributed by atoms with van der Waals surface area (Å²) in [4.78, 5) is 26.0. The second-order valence-corrected chi connectivity index (χ2v) is 6.22. The van der Waals surface area contributed by atoms with E-state index in [0.717, 1.165) is 37.4 Å². The van der Waals surface area contributed by atoms with Crippen molar-refractivity contribution in [1.29, 1.82) is 0 Å². The van der Waals surface area contributed by atoms with Crippen LogP contribution >= 0.6 is 0 Å². The SMILES string of the molecule is CCOC(=O)C1CCN(CC(=O)Nc2ccc(OCCOC)cc2)CC1. The largest absolute Gasteiger partial charge is 0.491 e. The van der Waals surface area contributed by atoms with Crippen molar-refractivity contribution in [1.82, 2.24) is 4.90 Å². The van der Waals surface area contributed by atoms with Crippen LogP contribution in [0.2, 0.25) is 0 Å². The van der Waals surface area contributed by atoms with E-state index in [1.165, 1.54) is 0 Å². The molecule has 0 saturated carbocycles. The first kappa shape index (κ1) is 20.2. The third kappa shape index (κ3) is 6.65. The van der Waals surface area contributed by atoms with Crippen LogP contribution in [0.5, 0.6) is 5.75 Å². The summed E-state index contributed by atoms with van der Waals surface area (Å²) in [7, 11) is 1.63. The summed E-state index contributed by atoms with van der Waals surface area (Å²) in [5.74, 6) is 0.512. The minimum absolute atomic E-state index is 0.0417. The average Bonchev–Trinajstić information content (AvgIpc) is 2.64. The average molecular weight is 364 g/mol. The van der Waals surface area contributed by atoms with E-state index in [4.69, 9.17) is 14.2 Å². The molecule has 0 spiro atoms. The highest BCUT2D eigenvalue weighted by Crippen LogP contribution is 2.19. The number of anilines is 1. The third-order valence-electron chi connectivity index (χ3n) is 4.27. The molecule has 1 fully saturated rings. The van der Waals surface area contributed by atoms with Crippen molar-refractivity contribution in [2.75, 3.05) is 51.9 Å². The van der Waals surface area contributed by atoms with Crippen LogP contribution in [0.3, 0.4) is 0 Å². The first-order chi connectivity index (χ1) is 12.6. The highest BCUT2D eigenvalue weighted by molar-refractivity contribution is 5.92. The number of nitrogens with one attached hydrogen (secondary N) is 1. The number of likely N-dealkylation sites (tertiary alicyclic amines) is 1. The van der Waals surface area contributed by atoms with Gasteiger partial charge >= 0.3 is 5.97 Å². The van der Waals surface area contributed by atoms with Crippen LogP contribution in [0.15, 0.2) is 24.3 Å². The highest BCUT2D eigenvalue weighted by Gasteiger charge is 2.26. The third-order valence-corrected chi connectivity index (χ3v) is 4.27. The number of carbonyl (C=O) groups excluding carboxylic acids is 2. The summed E-state index contributed by atoms with van der Waals surface area (Å²) >= 11 is 0. The zero-order chi connectivity index (χ0) is 18.8. The fraction of sp³-hybridized carbons (Fsp3) is 0.579. The number of nitrogens with zero attached hydrogens (tertiary/aromatic N) is 1. The lowest BCUT2D eigenvalue weighted by Crippen LogP contribution is -2.41. The molecule has 1 aromatic rings. The summed E-state index contributed by atoms with van der Waals surface area (Å²) in [5, 5.41) is 2.89. The van der Waals surface area contributed by atoms with Gasteiger partial charge in [-0.1, -0.05) is 0 Å². The zero-order valence-corrected chi connectivity index (χ0v) is 15.5. The van der Waals surface area contributed by atoms with Gasteiger partial charge in [0.15, 0.2) is 0 Å². The Bertz CT molecular complexity index is 568. The quantitative estimate of drug-likeness (QED) is 0.533. The first-order valence-corrected chi connectivity index (χ1v) is 9.03. The second kappa shape index (κ2) is 10.8. The molecule has 144 valence electrons. The maximum Gasteiger partial charge on any atom is 0.309 e. The molecule has 1 aliphatic rings. The Hall–Kier alpha value is -2.12. The number of esters is 1. The topological polar surface area (TPSA) is 77.1 Å². The summed E-state index contributed by atoms with van der Waals surface area (Å²) in [6.45, 7) is 5.02. The maximum atomic E-state index is 12.2. The fourth-order valence-electron chi connectivity index (χ4n) is 2.87. The number of amides is 1. The molecule has 2 rings (SSSR count). The van der Waals surface area contributed by atoms with Gasteiger partial charge < -0.3 is 19.5 Å². The van der Waals surface area contributed by atoms with Gasteiger partial charge in [-0.05, 0) is 57.1 Å². The van der Waals surface area contributed by atoms with Crippen LogP contribution in [-0.4, -0.2) is 63.3 Å². The predicted octanol–water partition coefficient (Wildman–Crippen LogP) is 1.93. The summed E-state index contributed by atoms with van der Waals surface area (Å²) in [6, 6.07) is 7.26. The zero-order valence-electron chi connectivity index (χ0n) is 15.5. The van der Waals surface area contributed by atoms with Gasteiger partial charge in [0.05, 0.1) is 25.7 Å². The van der Waals surface area contributed by atoms with Gasteiger partial charge in [0, 0.05) is 12.8 Å². The number of hydrogen-bond donors (Lipinski definition) is 1. The van der Waals surface area contributed by atoms with Gasteiger partial charge in [-0.25, -0.2) is 0 Å². The molecular weight excluding hydrogens is 336 g/mol. The first-order valence-electron chi connectivity index (χ1n) is 9.03. The lowest BCUT2D eigenvalue weighted by atomic mass is 9.97. The minimum atomic E-state index is -0.121. The monoisotopic (exact) mass is 364 g/mol. The van der Waals surface area contributed by atoms with Gasteiger partial charge in [-0.3, -0.25) is 14.5 Å². The molecule has 1 heterocycles. The van der Waals surface area contributed by atoms with E-state index < -0.39 is 0 Å². The number of benzene rings is 1. The Balaban J connectivity index is 1.71. The molecule has 0 aliphatic carbocycles. The van der Waals surface area contributed by atoms with Crippen molar-refractivity contribution >= 4 is 17.6 Å². The number of methoxy groups -OCH3 is 1. The number of ether oxygens (including phenoxy) is 3. The van der Waals surface area contributed by atoms with Crippen molar-refractivity contribution in [2.24, 2.45) is 5.92 Å². The molecule has 0 radical (unpaired) electrons. The van der Waals surface area contributed by atoms with E-state index in [-0.39, 0.29) is 17.8 Å². The van der Waals surface area contributed by atoms with Gasteiger partial charge in [0.2, 0.25) is 5.91 Å². The molecule has 1 aliphatic heterocycles. The molecule has 0 aromatic heterocycles. The molecule has 7 nitrogen and oxygen atoms in total. The lowest BCUT2D eigenvalue weighted by molar-refractivity contribution is -0.149. The van der Waals surface area contributed by atoms with E-state index in [2.05, 4.69) is 10.2 Å². The molecule has 0 atom stereocenters. The lowest BCUT2D eigenvalue weighted by Gasteiger charge is -2.30. The highest BCUT2D eigenvalue weighted by atomic mass is 16.5. The smallest absolute Gasteiger partial charge is 0.309 e. The van der Waals surface area contributed by atoms with Gasteiger partial charge in [0.25, 0.3) is 0 Å². The van der Waals surface area contributed by atoms with Gasteiger partial charge in [-0.15, -0.1) is 0 Å². The number of piperidine rings is 1. The van der Waals surface area contributed by atoms with Crippen LogP contribution in [0.1, 0.15) is 19.8 Å². The maximum absolute atomic E-state index is 12.2. The molecule has 1 saturated heterocycles. The molecule has 7 heteroatoms. The van der Waals surface area contributed by atoms with E-state index in [1.54, 1.807) is 7.11 Å². The minimum Gasteiger partial charge on any atom is -0.491 e. The summed E-state index contributed by atoms with van der Waals surface area (Å²) in [6.07, 6.45) is 1.47. The number of hydrogen-bond acceptors (Lipinski definition) is 6. The van der Waals surface area contributed by atoms with E-state index in [0.29, 0.717) is 26.4 Å². The molecule has 1 aromatic carbocycles. The predicted molar refractivity (Wildman–Crippen MR) is 98.2 cm³/mol. The van der Waals surface area contributed by atoms with Crippen LogP contribution in [0.25, 0.3) is 0 Å². The van der Waals surface area contributed by atoms with Crippen LogP contribution in [0, 0.1) is 5.92 Å². The molecular formula is C19H28N2O5. The van der Waals surface area contributed by atoms with Crippen molar-refractivity contribution in [2.45, 2.75) is 19.8 Å². The Morgan fingerprint density at radius 1 is 1.15 bits per heavy atom. The second-order valence-electron chi connectivity index (χ2n) is 6.22. The Morgan fingerprint density at radius 2 is 1.85 bits per heavy atom. The molecule has 1 N–H and O–H groups in total. The molecule has 1 amide bonds. The summed E-state index contributed by atoms with van der Waals surface area (Å²) < 4.78 is 15.5. The Kier molecular flexibility index (Phi) is 8.37. The Labute approximate surface area is 154 Å². The van der Waals surface area contributed by atoms with Crippen molar-refractivity contribution in [3.8, 4) is 5.75 Å². The Morgan fingerprint density at radius 3 is 2.46 bits per heavy atom. The van der Waals surface area contributed by atoms with E-state index in [1.807, 2.05) is 31.2 Å². The number of rotatable bonds is 9.